The van der Waals surface area contributed by atoms with E-state index < -0.39 is 10.0 Å². The molecule has 0 amide bonds. The van der Waals surface area contributed by atoms with Gasteiger partial charge in [-0.2, -0.15) is 0 Å². The molecule has 0 saturated heterocycles. The maximum absolute atomic E-state index is 11.4. The van der Waals surface area contributed by atoms with Crippen molar-refractivity contribution in [1.29, 1.82) is 0 Å². The molecular formula is C12H18N2O2S. The van der Waals surface area contributed by atoms with Crippen LogP contribution in [-0.2, 0) is 22.3 Å². The van der Waals surface area contributed by atoms with Crippen molar-refractivity contribution in [1.82, 2.24) is 10.0 Å². The van der Waals surface area contributed by atoms with Crippen molar-refractivity contribution in [3.05, 3.63) is 35.4 Å². The van der Waals surface area contributed by atoms with Crippen LogP contribution in [0.15, 0.2) is 24.3 Å². The lowest BCUT2D eigenvalue weighted by atomic mass is 10.1. The Morgan fingerprint density at radius 1 is 1.18 bits per heavy atom. The fraction of sp³-hybridized carbons (Fsp3) is 0.500. The Kier molecular flexibility index (Phi) is 3.81. The minimum Gasteiger partial charge on any atom is -0.310 e. The fourth-order valence-electron chi connectivity index (χ4n) is 1.59. The summed E-state index contributed by atoms with van der Waals surface area (Å²) >= 11 is 0. The summed E-state index contributed by atoms with van der Waals surface area (Å²) in [4.78, 5) is 0. The fourth-order valence-corrected chi connectivity index (χ4v) is 2.37. The van der Waals surface area contributed by atoms with Gasteiger partial charge in [0.05, 0.1) is 5.75 Å². The van der Waals surface area contributed by atoms with E-state index in [0.717, 1.165) is 12.1 Å². The molecule has 1 aromatic carbocycles. The molecule has 0 aliphatic heterocycles. The molecule has 0 aromatic heterocycles. The average Bonchev–Trinajstić information content (AvgIpc) is 3.12. The topological polar surface area (TPSA) is 58.2 Å². The monoisotopic (exact) mass is 254 g/mol. The molecule has 2 rings (SSSR count). The third kappa shape index (κ3) is 4.11. The molecule has 0 unspecified atom stereocenters. The highest BCUT2D eigenvalue weighted by Gasteiger charge is 2.19. The number of benzene rings is 1. The first-order valence-corrected chi connectivity index (χ1v) is 7.47. The highest BCUT2D eigenvalue weighted by molar-refractivity contribution is 7.88. The van der Waals surface area contributed by atoms with Crippen molar-refractivity contribution in [2.45, 2.75) is 31.2 Å². The van der Waals surface area contributed by atoms with Crippen LogP contribution < -0.4 is 10.0 Å². The Labute approximate surface area is 102 Å². The van der Waals surface area contributed by atoms with E-state index in [-0.39, 0.29) is 5.75 Å². The van der Waals surface area contributed by atoms with Crippen molar-refractivity contribution >= 4 is 10.0 Å². The van der Waals surface area contributed by atoms with Gasteiger partial charge in [0.1, 0.15) is 0 Å². The Hall–Kier alpha value is -0.910. The lowest BCUT2D eigenvalue weighted by molar-refractivity contribution is 0.587. The molecule has 5 heteroatoms. The second-order valence-corrected chi connectivity index (χ2v) is 6.36. The minimum atomic E-state index is -3.17. The van der Waals surface area contributed by atoms with Crippen molar-refractivity contribution in [3.63, 3.8) is 0 Å². The highest BCUT2D eigenvalue weighted by Crippen LogP contribution is 2.19. The predicted molar refractivity (Wildman–Crippen MR) is 68.0 cm³/mol. The van der Waals surface area contributed by atoms with Gasteiger partial charge in [-0.25, -0.2) is 13.1 Å². The van der Waals surface area contributed by atoms with Crippen molar-refractivity contribution in [3.8, 4) is 0 Å². The number of rotatable bonds is 6. The summed E-state index contributed by atoms with van der Waals surface area (Å²) < 4.78 is 25.0. The van der Waals surface area contributed by atoms with Gasteiger partial charge in [0, 0.05) is 12.6 Å². The van der Waals surface area contributed by atoms with Crippen LogP contribution in [0, 0.1) is 0 Å². The molecule has 1 saturated carbocycles. The molecule has 0 spiro atoms. The van der Waals surface area contributed by atoms with Crippen molar-refractivity contribution in [2.24, 2.45) is 0 Å². The number of hydrogen-bond acceptors (Lipinski definition) is 3. The third-order valence-electron chi connectivity index (χ3n) is 2.86. The van der Waals surface area contributed by atoms with Gasteiger partial charge in [-0.15, -0.1) is 0 Å². The Balaban J connectivity index is 1.92. The van der Waals surface area contributed by atoms with E-state index in [9.17, 15) is 8.42 Å². The van der Waals surface area contributed by atoms with Crippen molar-refractivity contribution in [2.75, 3.05) is 7.05 Å². The van der Waals surface area contributed by atoms with Gasteiger partial charge in [0.15, 0.2) is 0 Å². The van der Waals surface area contributed by atoms with Crippen LogP contribution in [0.2, 0.25) is 0 Å². The molecular weight excluding hydrogens is 236 g/mol. The largest absolute Gasteiger partial charge is 0.310 e. The summed E-state index contributed by atoms with van der Waals surface area (Å²) in [6.45, 7) is 0.865. The third-order valence-corrected chi connectivity index (χ3v) is 4.20. The van der Waals surface area contributed by atoms with Gasteiger partial charge < -0.3 is 5.32 Å². The van der Waals surface area contributed by atoms with Crippen LogP contribution in [-0.4, -0.2) is 21.5 Å². The molecule has 0 atom stereocenters. The highest BCUT2D eigenvalue weighted by atomic mass is 32.2. The van der Waals surface area contributed by atoms with Crippen LogP contribution in [0.25, 0.3) is 0 Å². The Bertz CT molecular complexity index is 464. The quantitative estimate of drug-likeness (QED) is 0.796. The van der Waals surface area contributed by atoms with Gasteiger partial charge in [0.2, 0.25) is 10.0 Å². The van der Waals surface area contributed by atoms with E-state index in [1.54, 1.807) is 0 Å². The molecule has 1 aromatic rings. The molecule has 1 aliphatic rings. The van der Waals surface area contributed by atoms with Crippen LogP contribution >= 0.6 is 0 Å². The van der Waals surface area contributed by atoms with E-state index in [0.29, 0.717) is 6.04 Å². The molecule has 0 radical (unpaired) electrons. The van der Waals surface area contributed by atoms with Crippen molar-refractivity contribution < 1.29 is 8.42 Å². The van der Waals surface area contributed by atoms with E-state index >= 15 is 0 Å². The summed E-state index contributed by atoms with van der Waals surface area (Å²) in [6, 6.07) is 8.41. The zero-order valence-corrected chi connectivity index (χ0v) is 10.8. The van der Waals surface area contributed by atoms with Gasteiger partial charge >= 0.3 is 0 Å². The molecule has 0 heterocycles. The van der Waals surface area contributed by atoms with E-state index in [1.807, 2.05) is 24.3 Å². The molecule has 1 fully saturated rings. The first kappa shape index (κ1) is 12.5. The normalized spacial score (nSPS) is 16.1. The lowest BCUT2D eigenvalue weighted by Gasteiger charge is -2.05. The summed E-state index contributed by atoms with van der Waals surface area (Å²) in [5.41, 5.74) is 2.01. The maximum Gasteiger partial charge on any atom is 0.215 e. The zero-order valence-electron chi connectivity index (χ0n) is 9.94. The summed E-state index contributed by atoms with van der Waals surface area (Å²) in [6.07, 6.45) is 2.55. The summed E-state index contributed by atoms with van der Waals surface area (Å²) in [7, 11) is -1.73. The predicted octanol–water partition coefficient (Wildman–Crippen LogP) is 0.988. The standard InChI is InChI=1S/C12H18N2O2S/c1-13-17(15,16)9-11-4-2-10(3-5-11)8-14-12-6-7-12/h2-5,12-14H,6-9H2,1H3. The summed E-state index contributed by atoms with van der Waals surface area (Å²) in [5, 5.41) is 3.42. The van der Waals surface area contributed by atoms with Gasteiger partial charge in [-0.1, -0.05) is 24.3 Å². The second kappa shape index (κ2) is 5.16. The Morgan fingerprint density at radius 2 is 1.76 bits per heavy atom. The SMILES string of the molecule is CNS(=O)(=O)Cc1ccc(CNC2CC2)cc1. The lowest BCUT2D eigenvalue weighted by Crippen LogP contribution is -2.20. The zero-order chi connectivity index (χ0) is 12.3. The Morgan fingerprint density at radius 3 is 2.29 bits per heavy atom. The van der Waals surface area contributed by atoms with E-state index in [2.05, 4.69) is 10.0 Å². The summed E-state index contributed by atoms with van der Waals surface area (Å²) in [5.74, 6) is 0.0415. The number of nitrogens with one attached hydrogen (secondary N) is 2. The average molecular weight is 254 g/mol. The molecule has 2 N–H and O–H groups in total. The van der Waals surface area contributed by atoms with Gasteiger partial charge in [-0.05, 0) is 31.0 Å². The van der Waals surface area contributed by atoms with Crippen LogP contribution in [0.5, 0.6) is 0 Å². The first-order valence-electron chi connectivity index (χ1n) is 5.81. The smallest absolute Gasteiger partial charge is 0.215 e. The van der Waals surface area contributed by atoms with Gasteiger partial charge in [0.25, 0.3) is 0 Å². The molecule has 1 aliphatic carbocycles. The van der Waals surface area contributed by atoms with Crippen LogP contribution in [0.1, 0.15) is 24.0 Å². The number of hydrogen-bond donors (Lipinski definition) is 2. The molecule has 94 valence electrons. The number of sulfonamides is 1. The first-order chi connectivity index (χ1) is 8.09. The van der Waals surface area contributed by atoms with E-state index in [1.165, 1.54) is 25.5 Å². The van der Waals surface area contributed by atoms with Gasteiger partial charge in [-0.3, -0.25) is 0 Å². The molecule has 17 heavy (non-hydrogen) atoms. The second-order valence-electron chi connectivity index (χ2n) is 4.43. The van der Waals surface area contributed by atoms with Crippen LogP contribution in [0.4, 0.5) is 0 Å². The maximum atomic E-state index is 11.4. The molecule has 4 nitrogen and oxygen atoms in total. The molecule has 0 bridgehead atoms. The van der Waals surface area contributed by atoms with E-state index in [4.69, 9.17) is 0 Å². The minimum absolute atomic E-state index is 0.0415. The van der Waals surface area contributed by atoms with Crippen LogP contribution in [0.3, 0.4) is 0 Å².